The van der Waals surface area contributed by atoms with Gasteiger partial charge >= 0.3 is 0 Å². The van der Waals surface area contributed by atoms with Crippen LogP contribution in [0.25, 0.3) is 0 Å². The first-order valence-electron chi connectivity index (χ1n) is 6.80. The second-order valence-electron chi connectivity index (χ2n) is 5.28. The monoisotopic (exact) mass is 292 g/mol. The maximum atomic E-state index is 12.1. The van der Waals surface area contributed by atoms with Gasteiger partial charge in [-0.1, -0.05) is 43.8 Å². The van der Waals surface area contributed by atoms with Gasteiger partial charge in [0.25, 0.3) is 5.24 Å². The second-order valence-corrected chi connectivity index (χ2v) is 6.32. The van der Waals surface area contributed by atoms with Crippen LogP contribution in [-0.4, -0.2) is 34.9 Å². The zero-order valence-electron chi connectivity index (χ0n) is 12.1. The molecule has 1 aromatic carbocycles. The van der Waals surface area contributed by atoms with Crippen molar-refractivity contribution < 1.29 is 9.59 Å². The first-order chi connectivity index (χ1) is 9.49. The Labute approximate surface area is 123 Å². The number of thioether (sulfide) groups is 1. The summed E-state index contributed by atoms with van der Waals surface area (Å²) in [5.41, 5.74) is 3.05. The van der Waals surface area contributed by atoms with Crippen molar-refractivity contribution in [3.05, 3.63) is 29.3 Å². The van der Waals surface area contributed by atoms with Crippen LogP contribution < -0.4 is 5.32 Å². The molecular formula is C15H20N2O2S. The van der Waals surface area contributed by atoms with E-state index in [1.165, 1.54) is 11.8 Å². The molecule has 1 aliphatic rings. The number of hydrogen-bond donors (Lipinski definition) is 1. The number of aryl methyl sites for hydroxylation is 1. The summed E-state index contributed by atoms with van der Waals surface area (Å²) in [6, 6.07) is 6.02. The van der Waals surface area contributed by atoms with Crippen LogP contribution in [0.4, 0.5) is 10.5 Å². The van der Waals surface area contributed by atoms with Crippen molar-refractivity contribution in [1.29, 1.82) is 0 Å². The van der Waals surface area contributed by atoms with Gasteiger partial charge in [-0.25, -0.2) is 0 Å². The summed E-state index contributed by atoms with van der Waals surface area (Å²) in [4.78, 5) is 25.2. The number of carbonyl (C=O) groups excluding carboxylic acids is 2. The summed E-state index contributed by atoms with van der Waals surface area (Å²) < 4.78 is 0. The van der Waals surface area contributed by atoms with Crippen LogP contribution in [0.3, 0.4) is 0 Å². The number of nitrogens with one attached hydrogen (secondary N) is 1. The molecule has 108 valence electrons. The molecule has 4 nitrogen and oxygen atoms in total. The van der Waals surface area contributed by atoms with Gasteiger partial charge in [-0.15, -0.1) is 0 Å². The highest BCUT2D eigenvalue weighted by atomic mass is 32.2. The van der Waals surface area contributed by atoms with E-state index in [1.54, 1.807) is 4.90 Å². The topological polar surface area (TPSA) is 49.4 Å². The van der Waals surface area contributed by atoms with Crippen LogP contribution in [0.5, 0.6) is 0 Å². The van der Waals surface area contributed by atoms with E-state index in [9.17, 15) is 9.59 Å². The molecule has 0 saturated carbocycles. The van der Waals surface area contributed by atoms with E-state index >= 15 is 0 Å². The molecule has 0 radical (unpaired) electrons. The average Bonchev–Trinajstić information content (AvgIpc) is 2.77. The summed E-state index contributed by atoms with van der Waals surface area (Å²) in [6.07, 6.45) is 0. The largest absolute Gasteiger partial charge is 0.324 e. The molecule has 5 heteroatoms. The Morgan fingerprint density at radius 1 is 1.45 bits per heavy atom. The minimum atomic E-state index is -0.128. The van der Waals surface area contributed by atoms with Crippen LogP contribution in [0.15, 0.2) is 18.2 Å². The Bertz CT molecular complexity index is 529. The fourth-order valence-corrected chi connectivity index (χ4v) is 3.09. The van der Waals surface area contributed by atoms with Crippen LogP contribution in [0.1, 0.15) is 30.9 Å². The first-order valence-corrected chi connectivity index (χ1v) is 7.78. The number of anilines is 1. The number of amides is 2. The fraction of sp³-hybridized carbons (Fsp3) is 0.467. The Morgan fingerprint density at radius 3 is 2.80 bits per heavy atom. The predicted octanol–water partition coefficient (Wildman–Crippen LogP) is 3.23. The second kappa shape index (κ2) is 6.31. The quantitative estimate of drug-likeness (QED) is 0.927. The molecule has 0 aromatic heterocycles. The van der Waals surface area contributed by atoms with Gasteiger partial charge in [0.15, 0.2) is 0 Å². The molecule has 0 aliphatic carbocycles. The SMILES string of the molecule is Cc1cccc(C(C)C)c1NC(=O)CN1CCSC1=O. The van der Waals surface area contributed by atoms with Crippen LogP contribution in [0, 0.1) is 6.92 Å². The van der Waals surface area contributed by atoms with Crippen molar-refractivity contribution in [3.8, 4) is 0 Å². The number of benzene rings is 1. The van der Waals surface area contributed by atoms with Crippen LogP contribution in [-0.2, 0) is 4.79 Å². The summed E-state index contributed by atoms with van der Waals surface area (Å²) >= 11 is 1.27. The van der Waals surface area contributed by atoms with Gasteiger partial charge in [-0.2, -0.15) is 0 Å². The van der Waals surface area contributed by atoms with Gasteiger partial charge < -0.3 is 10.2 Å². The van der Waals surface area contributed by atoms with E-state index in [2.05, 4.69) is 19.2 Å². The lowest BCUT2D eigenvalue weighted by Crippen LogP contribution is -2.33. The lowest BCUT2D eigenvalue weighted by atomic mass is 9.98. The number of rotatable bonds is 4. The molecule has 1 aliphatic heterocycles. The molecule has 20 heavy (non-hydrogen) atoms. The Balaban J connectivity index is 2.09. The minimum absolute atomic E-state index is 0.00554. The van der Waals surface area contributed by atoms with Crippen LogP contribution >= 0.6 is 11.8 Å². The molecule has 0 unspecified atom stereocenters. The Hall–Kier alpha value is -1.49. The maximum Gasteiger partial charge on any atom is 0.282 e. The third-order valence-electron chi connectivity index (χ3n) is 3.37. The van der Waals surface area contributed by atoms with Crippen molar-refractivity contribution in [3.63, 3.8) is 0 Å². The van der Waals surface area contributed by atoms with E-state index in [4.69, 9.17) is 0 Å². The number of hydrogen-bond acceptors (Lipinski definition) is 3. The molecule has 2 amide bonds. The average molecular weight is 292 g/mol. The highest BCUT2D eigenvalue weighted by molar-refractivity contribution is 8.13. The lowest BCUT2D eigenvalue weighted by Gasteiger charge is -2.18. The standard InChI is InChI=1S/C15H20N2O2S/c1-10(2)12-6-4-5-11(3)14(12)16-13(18)9-17-7-8-20-15(17)19/h4-6,10H,7-9H2,1-3H3,(H,16,18). The van der Waals surface area contributed by atoms with Crippen molar-refractivity contribution in [2.75, 3.05) is 24.2 Å². The molecule has 0 atom stereocenters. The number of para-hydroxylation sites is 1. The number of nitrogens with zero attached hydrogens (tertiary/aromatic N) is 1. The molecule has 0 spiro atoms. The van der Waals surface area contributed by atoms with E-state index in [0.717, 1.165) is 22.6 Å². The fourth-order valence-electron chi connectivity index (χ4n) is 2.26. The van der Waals surface area contributed by atoms with E-state index in [-0.39, 0.29) is 17.7 Å². The van der Waals surface area contributed by atoms with Gasteiger partial charge in [0.1, 0.15) is 6.54 Å². The smallest absolute Gasteiger partial charge is 0.282 e. The predicted molar refractivity (Wildman–Crippen MR) is 83.3 cm³/mol. The summed E-state index contributed by atoms with van der Waals surface area (Å²) in [7, 11) is 0. The van der Waals surface area contributed by atoms with Crippen molar-refractivity contribution >= 4 is 28.6 Å². The van der Waals surface area contributed by atoms with Gasteiger partial charge in [-0.3, -0.25) is 9.59 Å². The maximum absolute atomic E-state index is 12.1. The minimum Gasteiger partial charge on any atom is -0.324 e. The Kier molecular flexibility index (Phi) is 4.70. The molecule has 1 fully saturated rings. The third kappa shape index (κ3) is 3.33. The Morgan fingerprint density at radius 2 is 2.20 bits per heavy atom. The van der Waals surface area contributed by atoms with Crippen molar-refractivity contribution in [2.45, 2.75) is 26.7 Å². The van der Waals surface area contributed by atoms with Crippen molar-refractivity contribution in [1.82, 2.24) is 4.90 Å². The molecule has 2 rings (SSSR count). The third-order valence-corrected chi connectivity index (χ3v) is 4.26. The first kappa shape index (κ1) is 14.9. The van der Waals surface area contributed by atoms with Crippen LogP contribution in [0.2, 0.25) is 0 Å². The van der Waals surface area contributed by atoms with Gasteiger partial charge in [0.05, 0.1) is 0 Å². The molecule has 0 bridgehead atoms. The van der Waals surface area contributed by atoms with Gasteiger partial charge in [0.2, 0.25) is 5.91 Å². The van der Waals surface area contributed by atoms with Gasteiger partial charge in [-0.05, 0) is 24.0 Å². The molecule has 1 heterocycles. The summed E-state index contributed by atoms with van der Waals surface area (Å²) in [5, 5.41) is 2.96. The van der Waals surface area contributed by atoms with E-state index < -0.39 is 0 Å². The van der Waals surface area contributed by atoms with E-state index in [0.29, 0.717) is 12.5 Å². The molecule has 1 N–H and O–H groups in total. The lowest BCUT2D eigenvalue weighted by molar-refractivity contribution is -0.116. The summed E-state index contributed by atoms with van der Waals surface area (Å²) in [6.45, 7) is 6.98. The van der Waals surface area contributed by atoms with E-state index in [1.807, 2.05) is 25.1 Å². The van der Waals surface area contributed by atoms with Gasteiger partial charge in [0, 0.05) is 18.0 Å². The van der Waals surface area contributed by atoms with Crippen molar-refractivity contribution in [2.24, 2.45) is 0 Å². The summed E-state index contributed by atoms with van der Waals surface area (Å²) in [5.74, 6) is 0.986. The zero-order valence-corrected chi connectivity index (χ0v) is 12.9. The molecule has 1 aromatic rings. The molecular weight excluding hydrogens is 272 g/mol. The molecule has 1 saturated heterocycles. The zero-order chi connectivity index (χ0) is 14.7. The normalized spacial score (nSPS) is 15.0. The highest BCUT2D eigenvalue weighted by Gasteiger charge is 2.23. The highest BCUT2D eigenvalue weighted by Crippen LogP contribution is 2.27. The number of carbonyl (C=O) groups is 2.